The van der Waals surface area contributed by atoms with Crippen LogP contribution in [0.1, 0.15) is 129 Å². The molecule has 0 bridgehead atoms. The van der Waals surface area contributed by atoms with E-state index in [1.54, 1.807) is 6.08 Å². The lowest BCUT2D eigenvalue weighted by molar-refractivity contribution is -0.870. The first-order chi connectivity index (χ1) is 22.0. The van der Waals surface area contributed by atoms with Gasteiger partial charge in [0.25, 0.3) is 0 Å². The van der Waals surface area contributed by atoms with Gasteiger partial charge in [-0.25, -0.2) is 4.57 Å². The molecule has 3 N–H and O–H groups in total. The summed E-state index contributed by atoms with van der Waals surface area (Å²) in [5.74, 6) is -0.201. The summed E-state index contributed by atoms with van der Waals surface area (Å²) in [6.07, 6.45) is 35.0. The molecule has 0 aliphatic rings. The lowest BCUT2D eigenvalue weighted by atomic mass is 10.1. The highest BCUT2D eigenvalue weighted by atomic mass is 31.2. The van der Waals surface area contributed by atoms with E-state index in [1.165, 1.54) is 38.5 Å². The molecule has 46 heavy (non-hydrogen) atoms. The average molecular weight is 670 g/mol. The van der Waals surface area contributed by atoms with E-state index < -0.39 is 20.0 Å². The molecule has 0 saturated carbocycles. The van der Waals surface area contributed by atoms with Gasteiger partial charge in [0.05, 0.1) is 39.9 Å². The van der Waals surface area contributed by atoms with Crippen LogP contribution in [0.5, 0.6) is 0 Å². The minimum atomic E-state index is -4.32. The normalized spacial score (nSPS) is 15.4. The van der Waals surface area contributed by atoms with Crippen LogP contribution in [0.15, 0.2) is 48.6 Å². The first-order valence-electron chi connectivity index (χ1n) is 18.0. The first kappa shape index (κ1) is 44.5. The number of rotatable bonds is 31. The number of hydrogen-bond acceptors (Lipinski definition) is 5. The number of phosphoric acid groups is 1. The standard InChI is InChI=1S/C37H69N2O6P/c1-6-8-10-12-13-14-15-16-17-18-19-20-21-22-23-24-25-27-29-31-37(41)38-35(36(40)30-28-26-11-9-7-2)34-45-46(42,43)44-33-32-39(3,4)5/h13-14,16-17,19-20,28,30,35-36,40H,6-12,15,18,21-27,29,31-34H2,1-5H3,(H-,38,41,42,43)/p+1/b14-13-,17-16-,20-19-,30-28+. The van der Waals surface area contributed by atoms with Crippen LogP contribution in [-0.2, 0) is 18.4 Å². The summed E-state index contributed by atoms with van der Waals surface area (Å²) in [4.78, 5) is 22.8. The Kier molecular flexibility index (Phi) is 28.6. The number of quaternary nitrogens is 1. The summed E-state index contributed by atoms with van der Waals surface area (Å²) < 4.78 is 23.2. The zero-order valence-corrected chi connectivity index (χ0v) is 30.9. The van der Waals surface area contributed by atoms with E-state index >= 15 is 0 Å². The Bertz CT molecular complexity index is 897. The smallest absolute Gasteiger partial charge is 0.387 e. The van der Waals surface area contributed by atoms with Crippen molar-refractivity contribution in [3.05, 3.63) is 48.6 Å². The SMILES string of the molecule is CCCCC/C=C\C/C=C\C/C=C\CCCCCCCCC(=O)NC(COP(=O)(O)OCC[N+](C)(C)C)C(O)/C=C/CCCCC. The molecule has 9 heteroatoms. The van der Waals surface area contributed by atoms with Gasteiger partial charge in [0.15, 0.2) is 0 Å². The Morgan fingerprint density at radius 1 is 0.739 bits per heavy atom. The number of allylic oxidation sites excluding steroid dienone is 7. The van der Waals surface area contributed by atoms with E-state index in [0.717, 1.165) is 70.6 Å². The third-order valence-electron chi connectivity index (χ3n) is 7.54. The van der Waals surface area contributed by atoms with Gasteiger partial charge in [-0.2, -0.15) is 0 Å². The predicted molar refractivity (Wildman–Crippen MR) is 194 cm³/mol. The van der Waals surface area contributed by atoms with E-state index in [-0.39, 0.29) is 19.1 Å². The van der Waals surface area contributed by atoms with Crippen molar-refractivity contribution in [2.24, 2.45) is 0 Å². The molecule has 0 aromatic carbocycles. The Morgan fingerprint density at radius 3 is 1.80 bits per heavy atom. The largest absolute Gasteiger partial charge is 0.472 e. The van der Waals surface area contributed by atoms with Gasteiger partial charge >= 0.3 is 7.82 Å². The zero-order chi connectivity index (χ0) is 34.4. The maximum absolute atomic E-state index is 12.7. The van der Waals surface area contributed by atoms with Gasteiger partial charge in [0.1, 0.15) is 13.2 Å². The lowest BCUT2D eigenvalue weighted by Crippen LogP contribution is -2.45. The molecule has 0 heterocycles. The highest BCUT2D eigenvalue weighted by Crippen LogP contribution is 2.43. The number of aliphatic hydroxyl groups excluding tert-OH is 1. The number of carbonyl (C=O) groups is 1. The van der Waals surface area contributed by atoms with Crippen LogP contribution in [0.4, 0.5) is 0 Å². The number of phosphoric ester groups is 1. The number of amides is 1. The van der Waals surface area contributed by atoms with E-state index in [1.807, 2.05) is 27.2 Å². The third kappa shape index (κ3) is 31.1. The molecule has 0 spiro atoms. The molecular formula is C37H70N2O6P+. The van der Waals surface area contributed by atoms with E-state index in [9.17, 15) is 19.4 Å². The molecule has 0 fully saturated rings. The van der Waals surface area contributed by atoms with Gasteiger partial charge in [-0.3, -0.25) is 13.8 Å². The van der Waals surface area contributed by atoms with Gasteiger partial charge in [-0.15, -0.1) is 0 Å². The molecule has 0 aromatic rings. The van der Waals surface area contributed by atoms with Crippen LogP contribution >= 0.6 is 7.82 Å². The van der Waals surface area contributed by atoms with Crippen molar-refractivity contribution in [1.82, 2.24) is 5.32 Å². The molecule has 268 valence electrons. The van der Waals surface area contributed by atoms with Gasteiger partial charge in [0.2, 0.25) is 5.91 Å². The zero-order valence-electron chi connectivity index (χ0n) is 30.0. The van der Waals surface area contributed by atoms with Gasteiger partial charge in [0, 0.05) is 6.42 Å². The number of likely N-dealkylation sites (N-methyl/N-ethyl adjacent to an activating group) is 1. The number of aliphatic hydroxyl groups is 1. The van der Waals surface area contributed by atoms with Crippen molar-refractivity contribution in [2.45, 2.75) is 142 Å². The first-order valence-corrected chi connectivity index (χ1v) is 19.5. The molecule has 0 aliphatic heterocycles. The molecule has 0 aromatic heterocycles. The maximum Gasteiger partial charge on any atom is 0.472 e. The molecule has 0 aliphatic carbocycles. The maximum atomic E-state index is 12.7. The number of nitrogens with one attached hydrogen (secondary N) is 1. The highest BCUT2D eigenvalue weighted by molar-refractivity contribution is 7.47. The van der Waals surface area contributed by atoms with Gasteiger partial charge < -0.3 is 19.8 Å². The van der Waals surface area contributed by atoms with Crippen molar-refractivity contribution < 1.29 is 32.9 Å². The Balaban J connectivity index is 4.32. The number of hydrogen-bond donors (Lipinski definition) is 3. The molecule has 0 radical (unpaired) electrons. The summed E-state index contributed by atoms with van der Waals surface area (Å²) >= 11 is 0. The molecule has 3 unspecified atom stereocenters. The Hall–Kier alpha value is -1.54. The fraction of sp³-hybridized carbons (Fsp3) is 0.757. The van der Waals surface area contributed by atoms with Crippen molar-refractivity contribution in [3.63, 3.8) is 0 Å². The molecule has 8 nitrogen and oxygen atoms in total. The van der Waals surface area contributed by atoms with Crippen molar-refractivity contribution in [2.75, 3.05) is 40.9 Å². The fourth-order valence-electron chi connectivity index (χ4n) is 4.57. The van der Waals surface area contributed by atoms with Gasteiger partial charge in [-0.1, -0.05) is 114 Å². The van der Waals surface area contributed by atoms with Gasteiger partial charge in [-0.05, 0) is 57.8 Å². The Morgan fingerprint density at radius 2 is 1.24 bits per heavy atom. The second kappa shape index (κ2) is 29.6. The second-order valence-corrected chi connectivity index (χ2v) is 14.7. The average Bonchev–Trinajstić information content (AvgIpc) is 2.99. The van der Waals surface area contributed by atoms with Crippen LogP contribution in [-0.4, -0.2) is 73.4 Å². The highest BCUT2D eigenvalue weighted by Gasteiger charge is 2.27. The van der Waals surface area contributed by atoms with Crippen LogP contribution in [0.3, 0.4) is 0 Å². The van der Waals surface area contributed by atoms with Crippen LogP contribution < -0.4 is 5.32 Å². The van der Waals surface area contributed by atoms with E-state index in [2.05, 4.69) is 55.6 Å². The monoisotopic (exact) mass is 669 g/mol. The van der Waals surface area contributed by atoms with Crippen LogP contribution in [0.2, 0.25) is 0 Å². The van der Waals surface area contributed by atoms with Crippen molar-refractivity contribution >= 4 is 13.7 Å². The fourth-order valence-corrected chi connectivity index (χ4v) is 5.31. The van der Waals surface area contributed by atoms with Crippen molar-refractivity contribution in [1.29, 1.82) is 0 Å². The summed E-state index contributed by atoms with van der Waals surface area (Å²) in [6.45, 7) is 4.63. The number of carbonyl (C=O) groups excluding carboxylic acids is 1. The number of nitrogens with zero attached hydrogens (tertiary/aromatic N) is 1. The molecule has 3 atom stereocenters. The molecular weight excluding hydrogens is 599 g/mol. The quantitative estimate of drug-likeness (QED) is 0.0295. The summed E-state index contributed by atoms with van der Waals surface area (Å²) in [5.41, 5.74) is 0. The minimum absolute atomic E-state index is 0.0556. The van der Waals surface area contributed by atoms with E-state index in [0.29, 0.717) is 17.4 Å². The predicted octanol–water partition coefficient (Wildman–Crippen LogP) is 8.96. The topological polar surface area (TPSA) is 105 Å². The number of unbranched alkanes of at least 4 members (excludes halogenated alkanes) is 12. The lowest BCUT2D eigenvalue weighted by Gasteiger charge is -2.25. The van der Waals surface area contributed by atoms with E-state index in [4.69, 9.17) is 9.05 Å². The second-order valence-electron chi connectivity index (χ2n) is 13.2. The third-order valence-corrected chi connectivity index (χ3v) is 8.53. The molecule has 0 saturated heterocycles. The molecule has 0 rings (SSSR count). The minimum Gasteiger partial charge on any atom is -0.387 e. The van der Waals surface area contributed by atoms with Crippen LogP contribution in [0.25, 0.3) is 0 Å². The van der Waals surface area contributed by atoms with Crippen LogP contribution in [0, 0.1) is 0 Å². The van der Waals surface area contributed by atoms with Crippen molar-refractivity contribution in [3.8, 4) is 0 Å². The molecule has 1 amide bonds. The summed E-state index contributed by atoms with van der Waals surface area (Å²) in [5, 5.41) is 13.5. The Labute approximate surface area is 282 Å². The summed E-state index contributed by atoms with van der Waals surface area (Å²) in [7, 11) is 1.55. The summed E-state index contributed by atoms with van der Waals surface area (Å²) in [6, 6.07) is -0.849.